The molecular weight excluding hydrogens is 647 g/mol. The SMILES string of the molecule is c1ccc(-c2nc(-c3ccc4c5ccccc5c5ccccc5c4c3)nc(-c3cc4c(-c5ccccc5)cccc4c4oc5ccccc5c34)n2)cc1. The zero-order valence-corrected chi connectivity index (χ0v) is 28.5. The highest BCUT2D eigenvalue weighted by Crippen LogP contribution is 2.44. The third-order valence-corrected chi connectivity index (χ3v) is 10.5. The van der Waals surface area contributed by atoms with Gasteiger partial charge in [0.1, 0.15) is 11.2 Å². The number of benzene rings is 9. The molecule has 0 amide bonds. The number of fused-ring (bicyclic) bond motifs is 11. The van der Waals surface area contributed by atoms with Crippen molar-refractivity contribution in [3.05, 3.63) is 176 Å². The zero-order valence-electron chi connectivity index (χ0n) is 28.5. The summed E-state index contributed by atoms with van der Waals surface area (Å²) in [6.07, 6.45) is 0. The number of para-hydroxylation sites is 1. The first-order chi connectivity index (χ1) is 26.3. The van der Waals surface area contributed by atoms with E-state index in [4.69, 9.17) is 19.4 Å². The summed E-state index contributed by atoms with van der Waals surface area (Å²) in [5, 5.41) is 11.4. The first kappa shape index (κ1) is 29.5. The summed E-state index contributed by atoms with van der Waals surface area (Å²) < 4.78 is 6.70. The van der Waals surface area contributed by atoms with Crippen molar-refractivity contribution in [2.24, 2.45) is 0 Å². The van der Waals surface area contributed by atoms with Gasteiger partial charge in [-0.25, -0.2) is 15.0 Å². The lowest BCUT2D eigenvalue weighted by Gasteiger charge is -2.14. The molecule has 0 aliphatic rings. The largest absolute Gasteiger partial charge is 0.455 e. The van der Waals surface area contributed by atoms with E-state index in [1.807, 2.05) is 36.4 Å². The molecule has 11 aromatic rings. The molecule has 2 heterocycles. The van der Waals surface area contributed by atoms with Crippen molar-refractivity contribution in [3.8, 4) is 45.3 Å². The molecule has 0 atom stereocenters. The summed E-state index contributed by atoms with van der Waals surface area (Å²) in [6, 6.07) is 61.5. The molecular formula is C49H29N3O. The van der Waals surface area contributed by atoms with Gasteiger partial charge in [-0.05, 0) is 67.0 Å². The number of furan rings is 1. The van der Waals surface area contributed by atoms with Gasteiger partial charge in [0.05, 0.1) is 0 Å². The van der Waals surface area contributed by atoms with E-state index in [9.17, 15) is 0 Å². The van der Waals surface area contributed by atoms with E-state index < -0.39 is 0 Å². The Kier molecular flexibility index (Phi) is 6.52. The van der Waals surface area contributed by atoms with Gasteiger partial charge in [-0.15, -0.1) is 0 Å². The summed E-state index contributed by atoms with van der Waals surface area (Å²) in [4.78, 5) is 15.7. The Morgan fingerprint density at radius 3 is 1.53 bits per heavy atom. The summed E-state index contributed by atoms with van der Waals surface area (Å²) >= 11 is 0. The second-order valence-electron chi connectivity index (χ2n) is 13.5. The fraction of sp³-hybridized carbons (Fsp3) is 0. The molecule has 9 aromatic carbocycles. The molecule has 0 fully saturated rings. The zero-order chi connectivity index (χ0) is 34.9. The third kappa shape index (κ3) is 4.66. The second kappa shape index (κ2) is 11.7. The van der Waals surface area contributed by atoms with Crippen LogP contribution in [0, 0.1) is 0 Å². The van der Waals surface area contributed by atoms with Crippen LogP contribution in [0.15, 0.2) is 180 Å². The summed E-state index contributed by atoms with van der Waals surface area (Å²) in [7, 11) is 0. The van der Waals surface area contributed by atoms with Crippen molar-refractivity contribution >= 4 is 65.0 Å². The monoisotopic (exact) mass is 675 g/mol. The van der Waals surface area contributed by atoms with Crippen molar-refractivity contribution in [1.82, 2.24) is 15.0 Å². The topological polar surface area (TPSA) is 51.8 Å². The molecule has 0 bridgehead atoms. The third-order valence-electron chi connectivity index (χ3n) is 10.5. The van der Waals surface area contributed by atoms with Crippen LogP contribution in [0.4, 0.5) is 0 Å². The van der Waals surface area contributed by atoms with Crippen LogP contribution < -0.4 is 0 Å². The predicted octanol–water partition coefficient (Wildman–Crippen LogP) is 13.1. The quantitative estimate of drug-likeness (QED) is 0.174. The summed E-state index contributed by atoms with van der Waals surface area (Å²) in [5.74, 6) is 1.83. The lowest BCUT2D eigenvalue weighted by atomic mass is 9.93. The van der Waals surface area contributed by atoms with E-state index in [0.29, 0.717) is 17.5 Å². The molecule has 0 aliphatic heterocycles. The number of hydrogen-bond acceptors (Lipinski definition) is 4. The normalized spacial score (nSPS) is 11.8. The first-order valence-corrected chi connectivity index (χ1v) is 17.9. The van der Waals surface area contributed by atoms with E-state index in [2.05, 4.69) is 140 Å². The molecule has 0 aliphatic carbocycles. The first-order valence-electron chi connectivity index (χ1n) is 17.9. The van der Waals surface area contributed by atoms with Crippen LogP contribution in [0.5, 0.6) is 0 Å². The average Bonchev–Trinajstić information content (AvgIpc) is 3.64. The molecule has 4 nitrogen and oxygen atoms in total. The van der Waals surface area contributed by atoms with Gasteiger partial charge in [-0.3, -0.25) is 0 Å². The highest BCUT2D eigenvalue weighted by molar-refractivity contribution is 6.26. The average molecular weight is 676 g/mol. The van der Waals surface area contributed by atoms with Crippen molar-refractivity contribution in [2.45, 2.75) is 0 Å². The standard InChI is InChI=1S/C49H29N3O/c1-3-14-30(15-4-1)33-23-13-24-39-42(33)29-43(45-40-22-11-12-25-44(40)53-46(39)45)49-51-47(31-16-5-2-6-17-31)50-48(52-49)32-26-27-38-36-20-8-7-18-34(36)35-19-9-10-21-37(35)41(38)28-32/h1-29H. The van der Waals surface area contributed by atoms with Crippen LogP contribution in [-0.4, -0.2) is 15.0 Å². The maximum absolute atomic E-state index is 6.70. The molecule has 0 saturated carbocycles. The highest BCUT2D eigenvalue weighted by Gasteiger charge is 2.22. The lowest BCUT2D eigenvalue weighted by molar-refractivity contribution is 0.672. The van der Waals surface area contributed by atoms with Gasteiger partial charge in [-0.1, -0.05) is 158 Å². The van der Waals surface area contributed by atoms with Gasteiger partial charge in [0.25, 0.3) is 0 Å². The van der Waals surface area contributed by atoms with Crippen molar-refractivity contribution in [2.75, 3.05) is 0 Å². The molecule has 0 unspecified atom stereocenters. The molecule has 0 saturated heterocycles. The fourth-order valence-electron chi connectivity index (χ4n) is 8.07. The van der Waals surface area contributed by atoms with Gasteiger partial charge in [0, 0.05) is 32.8 Å². The lowest BCUT2D eigenvalue weighted by Crippen LogP contribution is -2.01. The van der Waals surface area contributed by atoms with Gasteiger partial charge >= 0.3 is 0 Å². The summed E-state index contributed by atoms with van der Waals surface area (Å²) in [5.41, 5.74) is 6.66. The Morgan fingerprint density at radius 2 is 0.830 bits per heavy atom. The molecule has 0 N–H and O–H groups in total. The van der Waals surface area contributed by atoms with Gasteiger partial charge in [0.2, 0.25) is 0 Å². The Labute approximate surface area is 304 Å². The number of rotatable bonds is 4. The van der Waals surface area contributed by atoms with Crippen LogP contribution in [0.25, 0.3) is 110 Å². The van der Waals surface area contributed by atoms with Gasteiger partial charge in [-0.2, -0.15) is 0 Å². The van der Waals surface area contributed by atoms with Crippen molar-refractivity contribution in [1.29, 1.82) is 0 Å². The van der Waals surface area contributed by atoms with E-state index in [1.165, 1.54) is 32.3 Å². The second-order valence-corrected chi connectivity index (χ2v) is 13.5. The fourth-order valence-corrected chi connectivity index (χ4v) is 8.07. The van der Waals surface area contributed by atoms with Gasteiger partial charge < -0.3 is 4.42 Å². The summed E-state index contributed by atoms with van der Waals surface area (Å²) in [6.45, 7) is 0. The minimum absolute atomic E-state index is 0.596. The molecule has 0 radical (unpaired) electrons. The number of aromatic nitrogens is 3. The van der Waals surface area contributed by atoms with E-state index >= 15 is 0 Å². The maximum atomic E-state index is 6.70. The molecule has 4 heteroatoms. The van der Waals surface area contributed by atoms with E-state index in [0.717, 1.165) is 60.5 Å². The van der Waals surface area contributed by atoms with Crippen molar-refractivity contribution in [3.63, 3.8) is 0 Å². The van der Waals surface area contributed by atoms with Crippen LogP contribution in [-0.2, 0) is 0 Å². The molecule has 53 heavy (non-hydrogen) atoms. The molecule has 0 spiro atoms. The number of nitrogens with zero attached hydrogens (tertiary/aromatic N) is 3. The Morgan fingerprint density at radius 1 is 0.302 bits per heavy atom. The molecule has 246 valence electrons. The Hall–Kier alpha value is -7.17. The minimum atomic E-state index is 0.596. The molecule has 2 aromatic heterocycles. The molecule has 11 rings (SSSR count). The van der Waals surface area contributed by atoms with Crippen molar-refractivity contribution < 1.29 is 4.42 Å². The Balaban J connectivity index is 1.23. The minimum Gasteiger partial charge on any atom is -0.455 e. The smallest absolute Gasteiger partial charge is 0.164 e. The van der Waals surface area contributed by atoms with Crippen LogP contribution in [0.2, 0.25) is 0 Å². The van der Waals surface area contributed by atoms with E-state index in [1.54, 1.807) is 0 Å². The predicted molar refractivity (Wildman–Crippen MR) is 219 cm³/mol. The van der Waals surface area contributed by atoms with Crippen LogP contribution >= 0.6 is 0 Å². The highest BCUT2D eigenvalue weighted by atomic mass is 16.3. The Bertz CT molecular complexity index is 3190. The van der Waals surface area contributed by atoms with Crippen LogP contribution in [0.3, 0.4) is 0 Å². The van der Waals surface area contributed by atoms with E-state index in [-0.39, 0.29) is 0 Å². The van der Waals surface area contributed by atoms with Crippen LogP contribution in [0.1, 0.15) is 0 Å². The van der Waals surface area contributed by atoms with Gasteiger partial charge in [0.15, 0.2) is 17.5 Å². The number of hydrogen-bond donors (Lipinski definition) is 0. The maximum Gasteiger partial charge on any atom is 0.164 e.